The monoisotopic (exact) mass is 543 g/mol. The van der Waals surface area contributed by atoms with E-state index in [4.69, 9.17) is 4.74 Å². The summed E-state index contributed by atoms with van der Waals surface area (Å²) >= 11 is 0. The smallest absolute Gasteiger partial charge is 0.403 e. The minimum atomic E-state index is -4.21. The summed E-state index contributed by atoms with van der Waals surface area (Å²) in [7, 11) is 1.64. The highest BCUT2D eigenvalue weighted by molar-refractivity contribution is 14.0. The van der Waals surface area contributed by atoms with Crippen LogP contribution in [-0.2, 0) is 4.79 Å². The van der Waals surface area contributed by atoms with Crippen LogP contribution in [-0.4, -0.2) is 80.3 Å². The zero-order valence-corrected chi connectivity index (χ0v) is 19.7. The lowest BCUT2D eigenvalue weighted by atomic mass is 10.2. The summed E-state index contributed by atoms with van der Waals surface area (Å²) in [6, 6.07) is 5.64. The molecule has 30 heavy (non-hydrogen) atoms. The van der Waals surface area contributed by atoms with Gasteiger partial charge in [0.1, 0.15) is 18.4 Å². The first kappa shape index (κ1) is 26.3. The Balaban J connectivity index is 0.00000450. The topological polar surface area (TPSA) is 69.2 Å². The van der Waals surface area contributed by atoms with E-state index in [1.807, 2.05) is 4.90 Å². The molecule has 1 unspecified atom stereocenters. The zero-order valence-electron chi connectivity index (χ0n) is 17.3. The van der Waals surface area contributed by atoms with E-state index >= 15 is 0 Å². The summed E-state index contributed by atoms with van der Waals surface area (Å²) in [5.74, 6) is 1.11. The number of halogens is 4. The first-order valence-corrected chi connectivity index (χ1v) is 9.47. The van der Waals surface area contributed by atoms with E-state index in [1.165, 1.54) is 18.7 Å². The van der Waals surface area contributed by atoms with Gasteiger partial charge in [-0.2, -0.15) is 13.2 Å². The van der Waals surface area contributed by atoms with Crippen molar-refractivity contribution in [3.05, 3.63) is 24.3 Å². The van der Waals surface area contributed by atoms with Crippen LogP contribution in [0, 0.1) is 0 Å². The molecule has 2 rings (SSSR count). The van der Waals surface area contributed by atoms with Crippen molar-refractivity contribution in [1.29, 1.82) is 0 Å². The average molecular weight is 543 g/mol. The Hall–Kier alpha value is -1.76. The van der Waals surface area contributed by atoms with Gasteiger partial charge in [-0.3, -0.25) is 14.7 Å². The van der Waals surface area contributed by atoms with Crippen molar-refractivity contribution >= 4 is 41.5 Å². The highest BCUT2D eigenvalue weighted by atomic mass is 127. The van der Waals surface area contributed by atoms with E-state index in [2.05, 4.69) is 15.6 Å². The molecule has 0 saturated carbocycles. The van der Waals surface area contributed by atoms with E-state index in [9.17, 15) is 18.0 Å². The molecule has 1 aromatic rings. The number of anilines is 1. The summed E-state index contributed by atoms with van der Waals surface area (Å²) < 4.78 is 44.3. The number of carbonyl (C=O) groups excluding carboxylic acids is 1. The number of hydrogen-bond acceptors (Lipinski definition) is 4. The molecule has 1 saturated heterocycles. The van der Waals surface area contributed by atoms with Gasteiger partial charge in [0, 0.05) is 51.9 Å². The molecule has 2 N–H and O–H groups in total. The maximum Gasteiger partial charge on any atom is 0.403 e. The van der Waals surface area contributed by atoms with E-state index in [-0.39, 0.29) is 29.9 Å². The first-order valence-electron chi connectivity index (χ1n) is 9.47. The van der Waals surface area contributed by atoms with E-state index in [0.717, 1.165) is 0 Å². The van der Waals surface area contributed by atoms with Crippen molar-refractivity contribution in [2.75, 3.05) is 51.7 Å². The maximum absolute atomic E-state index is 12.9. The molecular formula is C19H29F3IN5O2. The van der Waals surface area contributed by atoms with Crippen LogP contribution < -0.4 is 15.4 Å². The Morgan fingerprint density at radius 3 is 2.50 bits per heavy atom. The van der Waals surface area contributed by atoms with Gasteiger partial charge in [0.05, 0.1) is 6.54 Å². The molecule has 0 aromatic heterocycles. The lowest BCUT2D eigenvalue weighted by Crippen LogP contribution is -2.57. The van der Waals surface area contributed by atoms with Gasteiger partial charge in [-0.05, 0) is 19.1 Å². The molecule has 1 aliphatic heterocycles. The Morgan fingerprint density at radius 2 is 1.93 bits per heavy atom. The molecule has 1 aromatic carbocycles. The fraction of sp³-hybridized carbons (Fsp3) is 0.579. The molecule has 0 radical (unpaired) electrons. The second kappa shape index (κ2) is 12.2. The second-order valence-corrected chi connectivity index (χ2v) is 6.77. The summed E-state index contributed by atoms with van der Waals surface area (Å²) in [6.45, 7) is 5.08. The van der Waals surface area contributed by atoms with Crippen LogP contribution in [0.15, 0.2) is 29.3 Å². The molecular weight excluding hydrogens is 514 g/mol. The third-order valence-electron chi connectivity index (χ3n) is 4.66. The van der Waals surface area contributed by atoms with Crippen LogP contribution >= 0.6 is 24.0 Å². The predicted molar refractivity (Wildman–Crippen MR) is 122 cm³/mol. The first-order chi connectivity index (χ1) is 13.7. The molecule has 11 heteroatoms. The number of ether oxygens (including phenoxy) is 1. The van der Waals surface area contributed by atoms with Crippen LogP contribution in [0.3, 0.4) is 0 Å². The highest BCUT2D eigenvalue weighted by Crippen LogP contribution is 2.25. The van der Waals surface area contributed by atoms with Crippen molar-refractivity contribution in [3.63, 3.8) is 0 Å². The number of nitrogens with one attached hydrogen (secondary N) is 2. The van der Waals surface area contributed by atoms with Crippen LogP contribution in [0.4, 0.5) is 18.9 Å². The number of benzene rings is 1. The quantitative estimate of drug-likeness (QED) is 0.250. The van der Waals surface area contributed by atoms with Crippen LogP contribution in [0.25, 0.3) is 0 Å². The molecule has 1 atom stereocenters. The Morgan fingerprint density at radius 1 is 1.27 bits per heavy atom. The number of piperazine rings is 1. The normalized spacial score (nSPS) is 16.5. The number of aliphatic imine (C=N–C) groups is 1. The maximum atomic E-state index is 12.9. The average Bonchev–Trinajstić information content (AvgIpc) is 2.67. The fourth-order valence-electron chi connectivity index (χ4n) is 3.06. The molecule has 0 aliphatic carbocycles. The Kier molecular flexibility index (Phi) is 10.7. The number of nitrogens with zero attached hydrogens (tertiary/aromatic N) is 3. The Bertz CT molecular complexity index is 710. The third kappa shape index (κ3) is 8.17. The number of alkyl halides is 3. The van der Waals surface area contributed by atoms with Gasteiger partial charge in [0.25, 0.3) is 0 Å². The van der Waals surface area contributed by atoms with Gasteiger partial charge >= 0.3 is 6.18 Å². The molecule has 1 aliphatic rings. The largest absolute Gasteiger partial charge is 0.492 e. The van der Waals surface area contributed by atoms with Crippen molar-refractivity contribution in [1.82, 2.24) is 15.1 Å². The van der Waals surface area contributed by atoms with E-state index in [0.29, 0.717) is 56.7 Å². The molecule has 1 amide bonds. The van der Waals surface area contributed by atoms with Gasteiger partial charge in [-0.1, -0.05) is 6.07 Å². The highest BCUT2D eigenvalue weighted by Gasteiger charge is 2.41. The lowest BCUT2D eigenvalue weighted by Gasteiger charge is -2.39. The molecule has 170 valence electrons. The van der Waals surface area contributed by atoms with Crippen LogP contribution in [0.1, 0.15) is 13.8 Å². The Labute approximate surface area is 192 Å². The summed E-state index contributed by atoms with van der Waals surface area (Å²) in [6.07, 6.45) is -4.21. The van der Waals surface area contributed by atoms with E-state index in [1.54, 1.807) is 31.3 Å². The molecule has 1 fully saturated rings. The third-order valence-corrected chi connectivity index (χ3v) is 4.66. The summed E-state index contributed by atoms with van der Waals surface area (Å²) in [4.78, 5) is 18.7. The summed E-state index contributed by atoms with van der Waals surface area (Å²) in [5, 5.41) is 5.86. The summed E-state index contributed by atoms with van der Waals surface area (Å²) in [5.41, 5.74) is 0.657. The van der Waals surface area contributed by atoms with Gasteiger partial charge in [0.15, 0.2) is 5.96 Å². The van der Waals surface area contributed by atoms with Gasteiger partial charge in [-0.15, -0.1) is 24.0 Å². The van der Waals surface area contributed by atoms with Crippen LogP contribution in [0.5, 0.6) is 5.75 Å². The molecule has 1 heterocycles. The number of amides is 1. The van der Waals surface area contributed by atoms with Crippen molar-refractivity contribution < 1.29 is 22.7 Å². The predicted octanol–water partition coefficient (Wildman–Crippen LogP) is 2.79. The van der Waals surface area contributed by atoms with Crippen LogP contribution in [0.2, 0.25) is 0 Å². The van der Waals surface area contributed by atoms with Gasteiger partial charge in [-0.25, -0.2) is 0 Å². The van der Waals surface area contributed by atoms with Gasteiger partial charge < -0.3 is 20.3 Å². The molecule has 7 nitrogen and oxygen atoms in total. The van der Waals surface area contributed by atoms with Crippen molar-refractivity contribution in [3.8, 4) is 5.75 Å². The minimum absolute atomic E-state index is 0. The molecule has 0 bridgehead atoms. The standard InChI is InChI=1S/C19H28F3N5O2.HI/c1-14(19(20,21)22)26-8-10-27(11-9-26)18(23-3)24-7-12-29-17-6-4-5-16(13-17)25-15(2)28;/h4-6,13-14H,7-12H2,1-3H3,(H,23,24)(H,25,28);1H. The minimum Gasteiger partial charge on any atom is -0.492 e. The van der Waals surface area contributed by atoms with E-state index < -0.39 is 12.2 Å². The number of carbonyl (C=O) groups is 1. The lowest BCUT2D eigenvalue weighted by molar-refractivity contribution is -0.181. The van der Waals surface area contributed by atoms with Gasteiger partial charge in [0.2, 0.25) is 5.91 Å². The number of guanidine groups is 1. The number of hydrogen-bond donors (Lipinski definition) is 2. The second-order valence-electron chi connectivity index (χ2n) is 6.77. The van der Waals surface area contributed by atoms with Crippen molar-refractivity contribution in [2.24, 2.45) is 4.99 Å². The fourth-order valence-corrected chi connectivity index (χ4v) is 3.06. The SMILES string of the molecule is CN=C(NCCOc1cccc(NC(C)=O)c1)N1CCN(C(C)C(F)(F)F)CC1.I. The zero-order chi connectivity index (χ0) is 21.4. The van der Waals surface area contributed by atoms with Crippen molar-refractivity contribution in [2.45, 2.75) is 26.1 Å². The molecule has 0 spiro atoms. The number of rotatable bonds is 6.